The molecule has 0 aliphatic carbocycles. The van der Waals surface area contributed by atoms with E-state index >= 15 is 0 Å². The van der Waals surface area contributed by atoms with Gasteiger partial charge in [0, 0.05) is 44.4 Å². The topological polar surface area (TPSA) is 86.9 Å². The van der Waals surface area contributed by atoms with Crippen LogP contribution in [0.5, 0.6) is 0 Å². The molecule has 0 spiro atoms. The van der Waals surface area contributed by atoms with E-state index in [0.717, 1.165) is 0 Å². The molecule has 114 valence electrons. The minimum absolute atomic E-state index is 0.138. The van der Waals surface area contributed by atoms with Crippen molar-refractivity contribution >= 4 is 11.7 Å². The van der Waals surface area contributed by atoms with Gasteiger partial charge in [-0.3, -0.25) is 24.7 Å². The highest BCUT2D eigenvalue weighted by molar-refractivity contribution is 5.72. The van der Waals surface area contributed by atoms with Gasteiger partial charge in [0.05, 0.1) is 4.92 Å². The Morgan fingerprint density at radius 3 is 2.52 bits per heavy atom. The molecule has 7 nitrogen and oxygen atoms in total. The molecule has 1 aliphatic rings. The predicted octanol–water partition coefficient (Wildman–Crippen LogP) is 1.19. The SMILES string of the molecule is CC(C(=O)O)N1CCN(Cc2ccccc2[N+](=O)[O-])CC1. The first-order valence-corrected chi connectivity index (χ1v) is 6.90. The number of rotatable bonds is 5. The number of para-hydroxylation sites is 1. The third-order valence-electron chi connectivity index (χ3n) is 3.89. The van der Waals surface area contributed by atoms with Gasteiger partial charge in [-0.05, 0) is 6.92 Å². The normalized spacial score (nSPS) is 18.3. The molecule has 1 aliphatic heterocycles. The van der Waals surface area contributed by atoms with E-state index in [4.69, 9.17) is 5.11 Å². The van der Waals surface area contributed by atoms with Gasteiger partial charge in [-0.2, -0.15) is 0 Å². The van der Waals surface area contributed by atoms with E-state index in [0.29, 0.717) is 38.3 Å². The molecule has 0 saturated carbocycles. The summed E-state index contributed by atoms with van der Waals surface area (Å²) in [4.78, 5) is 25.6. The van der Waals surface area contributed by atoms with Gasteiger partial charge in [-0.1, -0.05) is 18.2 Å². The van der Waals surface area contributed by atoms with Crippen LogP contribution in [0.2, 0.25) is 0 Å². The second-order valence-corrected chi connectivity index (χ2v) is 5.21. The highest BCUT2D eigenvalue weighted by atomic mass is 16.6. The largest absolute Gasteiger partial charge is 0.480 e. The van der Waals surface area contributed by atoms with Crippen LogP contribution in [0.3, 0.4) is 0 Å². The molecule has 7 heteroatoms. The van der Waals surface area contributed by atoms with Gasteiger partial charge in [0.1, 0.15) is 6.04 Å². The van der Waals surface area contributed by atoms with Gasteiger partial charge in [0.25, 0.3) is 5.69 Å². The Bertz CT molecular complexity index is 527. The molecular formula is C14H19N3O4. The number of nitrogens with zero attached hydrogens (tertiary/aromatic N) is 3. The zero-order valence-electron chi connectivity index (χ0n) is 11.9. The number of hydrogen-bond acceptors (Lipinski definition) is 5. The van der Waals surface area contributed by atoms with Crippen LogP contribution >= 0.6 is 0 Å². The van der Waals surface area contributed by atoms with Crippen LogP contribution in [0, 0.1) is 10.1 Å². The summed E-state index contributed by atoms with van der Waals surface area (Å²) in [7, 11) is 0. The number of nitro groups is 1. The molecule has 1 saturated heterocycles. The highest BCUT2D eigenvalue weighted by Crippen LogP contribution is 2.20. The fraction of sp³-hybridized carbons (Fsp3) is 0.500. The average Bonchev–Trinajstić information content (AvgIpc) is 2.47. The minimum atomic E-state index is -0.817. The van der Waals surface area contributed by atoms with E-state index in [1.54, 1.807) is 25.1 Å². The second-order valence-electron chi connectivity index (χ2n) is 5.21. The van der Waals surface area contributed by atoms with Crippen molar-refractivity contribution in [3.8, 4) is 0 Å². The Kier molecular flexibility index (Phi) is 4.87. The van der Waals surface area contributed by atoms with Gasteiger partial charge in [-0.15, -0.1) is 0 Å². The number of aliphatic carboxylic acids is 1. The Balaban J connectivity index is 1.95. The minimum Gasteiger partial charge on any atom is -0.480 e. The molecule has 1 atom stereocenters. The lowest BCUT2D eigenvalue weighted by Crippen LogP contribution is -2.51. The van der Waals surface area contributed by atoms with E-state index in [1.165, 1.54) is 6.07 Å². The summed E-state index contributed by atoms with van der Waals surface area (Å²) in [6.45, 7) is 4.95. The van der Waals surface area contributed by atoms with Crippen LogP contribution in [0.25, 0.3) is 0 Å². The zero-order chi connectivity index (χ0) is 15.4. The summed E-state index contributed by atoms with van der Waals surface area (Å²) in [5, 5.41) is 20.0. The van der Waals surface area contributed by atoms with Crippen molar-refractivity contribution in [3.05, 3.63) is 39.9 Å². The first-order valence-electron chi connectivity index (χ1n) is 6.90. The molecule has 0 bridgehead atoms. The smallest absolute Gasteiger partial charge is 0.320 e. The fourth-order valence-electron chi connectivity index (χ4n) is 2.53. The molecule has 1 unspecified atom stereocenters. The Hall–Kier alpha value is -1.99. The molecule has 1 aromatic rings. The summed E-state index contributed by atoms with van der Waals surface area (Å²) in [5.41, 5.74) is 0.834. The number of carboxylic acids is 1. The second kappa shape index (κ2) is 6.64. The summed E-state index contributed by atoms with van der Waals surface area (Å²) in [6.07, 6.45) is 0. The fourth-order valence-corrected chi connectivity index (χ4v) is 2.53. The summed E-state index contributed by atoms with van der Waals surface area (Å²) in [6, 6.07) is 6.25. The van der Waals surface area contributed by atoms with Crippen molar-refractivity contribution in [2.24, 2.45) is 0 Å². The number of piperazine rings is 1. The third-order valence-corrected chi connectivity index (χ3v) is 3.89. The summed E-state index contributed by atoms with van der Waals surface area (Å²) >= 11 is 0. The van der Waals surface area contributed by atoms with Crippen LogP contribution in [0.1, 0.15) is 12.5 Å². The average molecular weight is 293 g/mol. The predicted molar refractivity (Wildman–Crippen MR) is 77.0 cm³/mol. The van der Waals surface area contributed by atoms with E-state index < -0.39 is 12.0 Å². The van der Waals surface area contributed by atoms with Crippen LogP contribution in [-0.4, -0.2) is 58.0 Å². The van der Waals surface area contributed by atoms with Gasteiger partial charge < -0.3 is 5.11 Å². The lowest BCUT2D eigenvalue weighted by atomic mass is 10.1. The van der Waals surface area contributed by atoms with Crippen molar-refractivity contribution < 1.29 is 14.8 Å². The first-order chi connectivity index (χ1) is 9.99. The maximum Gasteiger partial charge on any atom is 0.320 e. The van der Waals surface area contributed by atoms with Crippen LogP contribution < -0.4 is 0 Å². The highest BCUT2D eigenvalue weighted by Gasteiger charge is 2.26. The third kappa shape index (κ3) is 3.77. The maximum absolute atomic E-state index is 11.0. The van der Waals surface area contributed by atoms with Crippen molar-refractivity contribution in [3.63, 3.8) is 0 Å². The molecule has 1 aromatic carbocycles. The first kappa shape index (κ1) is 15.4. The zero-order valence-corrected chi connectivity index (χ0v) is 11.9. The Morgan fingerprint density at radius 2 is 1.95 bits per heavy atom. The number of benzene rings is 1. The van der Waals surface area contributed by atoms with Crippen molar-refractivity contribution in [1.29, 1.82) is 0 Å². The van der Waals surface area contributed by atoms with Crippen LogP contribution in [-0.2, 0) is 11.3 Å². The molecule has 21 heavy (non-hydrogen) atoms. The monoisotopic (exact) mass is 293 g/mol. The van der Waals surface area contributed by atoms with E-state index in [2.05, 4.69) is 4.90 Å². The van der Waals surface area contributed by atoms with Crippen molar-refractivity contribution in [2.45, 2.75) is 19.5 Å². The summed E-state index contributed by atoms with van der Waals surface area (Å²) in [5.74, 6) is -0.817. The van der Waals surface area contributed by atoms with Gasteiger partial charge in [0.15, 0.2) is 0 Å². The molecule has 0 radical (unpaired) electrons. The molecule has 2 rings (SSSR count). The quantitative estimate of drug-likeness (QED) is 0.648. The maximum atomic E-state index is 11.0. The van der Waals surface area contributed by atoms with E-state index in [1.807, 2.05) is 4.90 Å². The standard InChI is InChI=1S/C14H19N3O4/c1-11(14(18)19)16-8-6-15(7-9-16)10-12-4-2-3-5-13(12)17(20)21/h2-5,11H,6-10H2,1H3,(H,18,19). The van der Waals surface area contributed by atoms with Crippen LogP contribution in [0.4, 0.5) is 5.69 Å². The molecule has 0 aromatic heterocycles. The van der Waals surface area contributed by atoms with E-state index in [9.17, 15) is 14.9 Å². The number of carbonyl (C=O) groups is 1. The Morgan fingerprint density at radius 1 is 1.33 bits per heavy atom. The molecule has 1 N–H and O–H groups in total. The summed E-state index contributed by atoms with van der Waals surface area (Å²) < 4.78 is 0. The molecule has 1 fully saturated rings. The Labute approximate surface area is 122 Å². The van der Waals surface area contributed by atoms with Crippen LogP contribution in [0.15, 0.2) is 24.3 Å². The number of carboxylic acid groups (broad SMARTS) is 1. The van der Waals surface area contributed by atoms with Crippen molar-refractivity contribution in [1.82, 2.24) is 9.80 Å². The molecule has 0 amide bonds. The van der Waals surface area contributed by atoms with Gasteiger partial charge >= 0.3 is 5.97 Å². The van der Waals surface area contributed by atoms with E-state index in [-0.39, 0.29) is 10.6 Å². The van der Waals surface area contributed by atoms with Gasteiger partial charge in [-0.25, -0.2) is 0 Å². The van der Waals surface area contributed by atoms with Gasteiger partial charge in [0.2, 0.25) is 0 Å². The lowest BCUT2D eigenvalue weighted by Gasteiger charge is -2.36. The van der Waals surface area contributed by atoms with Crippen molar-refractivity contribution in [2.75, 3.05) is 26.2 Å². The molecular weight excluding hydrogens is 274 g/mol. The number of nitro benzene ring substituents is 1. The molecule has 1 heterocycles. The lowest BCUT2D eigenvalue weighted by molar-refractivity contribution is -0.385. The number of hydrogen-bond donors (Lipinski definition) is 1.